The molecule has 0 saturated heterocycles. The lowest BCUT2D eigenvalue weighted by Gasteiger charge is -2.32. The number of nitrogens with two attached hydrogens (primary N) is 1. The van der Waals surface area contributed by atoms with Crippen molar-refractivity contribution in [2.45, 2.75) is 27.2 Å². The fraction of sp³-hybridized carbons (Fsp3) is 0.562. The van der Waals surface area contributed by atoms with Crippen LogP contribution in [-0.4, -0.2) is 37.6 Å². The van der Waals surface area contributed by atoms with Crippen LogP contribution in [0.15, 0.2) is 22.7 Å². The molecule has 21 heavy (non-hydrogen) atoms. The summed E-state index contributed by atoms with van der Waals surface area (Å²) in [6.45, 7) is 8.11. The Morgan fingerprint density at radius 3 is 2.62 bits per heavy atom. The average molecular weight is 357 g/mol. The van der Waals surface area contributed by atoms with Crippen LogP contribution in [0.1, 0.15) is 37.6 Å². The summed E-state index contributed by atoms with van der Waals surface area (Å²) in [5.74, 6) is 0.681. The maximum atomic E-state index is 12.8. The second-order valence-corrected chi connectivity index (χ2v) is 6.80. The second-order valence-electron chi connectivity index (χ2n) is 5.94. The molecule has 0 aromatic heterocycles. The highest BCUT2D eigenvalue weighted by Gasteiger charge is 2.25. The SMILES string of the molecule is CCCN(CC(C)(C)CN)C(=O)c1cc(OC)ccc1Br. The van der Waals surface area contributed by atoms with Crippen LogP contribution in [0.5, 0.6) is 5.75 Å². The van der Waals surface area contributed by atoms with Gasteiger partial charge in [-0.25, -0.2) is 0 Å². The third-order valence-electron chi connectivity index (χ3n) is 3.36. The Morgan fingerprint density at radius 2 is 2.10 bits per heavy atom. The van der Waals surface area contributed by atoms with Gasteiger partial charge in [0.25, 0.3) is 5.91 Å². The van der Waals surface area contributed by atoms with Crippen molar-refractivity contribution in [2.75, 3.05) is 26.7 Å². The molecule has 1 aromatic rings. The van der Waals surface area contributed by atoms with E-state index in [4.69, 9.17) is 10.5 Å². The van der Waals surface area contributed by atoms with E-state index in [-0.39, 0.29) is 11.3 Å². The number of benzene rings is 1. The van der Waals surface area contributed by atoms with Crippen molar-refractivity contribution in [3.8, 4) is 5.75 Å². The molecule has 0 aliphatic rings. The molecular weight excluding hydrogens is 332 g/mol. The van der Waals surface area contributed by atoms with Crippen molar-refractivity contribution >= 4 is 21.8 Å². The molecular formula is C16H25BrN2O2. The first-order chi connectivity index (χ1) is 9.84. The van der Waals surface area contributed by atoms with Crippen LogP contribution in [0.25, 0.3) is 0 Å². The second kappa shape index (κ2) is 7.80. The fourth-order valence-electron chi connectivity index (χ4n) is 2.07. The van der Waals surface area contributed by atoms with Crippen LogP contribution in [-0.2, 0) is 0 Å². The Balaban J connectivity index is 3.05. The molecule has 0 unspecified atom stereocenters. The van der Waals surface area contributed by atoms with E-state index >= 15 is 0 Å². The van der Waals surface area contributed by atoms with Gasteiger partial charge in [0, 0.05) is 17.6 Å². The predicted octanol–water partition coefficient (Wildman–Crippen LogP) is 3.29. The van der Waals surface area contributed by atoms with Crippen LogP contribution < -0.4 is 10.5 Å². The lowest BCUT2D eigenvalue weighted by molar-refractivity contribution is 0.0688. The number of ether oxygens (including phenoxy) is 1. The molecule has 2 N–H and O–H groups in total. The number of carbonyl (C=O) groups excluding carboxylic acids is 1. The minimum absolute atomic E-state index is 0.00384. The lowest BCUT2D eigenvalue weighted by Crippen LogP contribution is -2.42. The van der Waals surface area contributed by atoms with Crippen LogP contribution in [0, 0.1) is 5.41 Å². The summed E-state index contributed by atoms with van der Waals surface area (Å²) in [4.78, 5) is 14.7. The Labute approximate surface area is 135 Å². The van der Waals surface area contributed by atoms with Crippen molar-refractivity contribution in [3.63, 3.8) is 0 Å². The quantitative estimate of drug-likeness (QED) is 0.815. The van der Waals surface area contributed by atoms with Gasteiger partial charge in [-0.2, -0.15) is 0 Å². The summed E-state index contributed by atoms with van der Waals surface area (Å²) in [7, 11) is 1.60. The third-order valence-corrected chi connectivity index (χ3v) is 4.05. The molecule has 0 aliphatic carbocycles. The fourth-order valence-corrected chi connectivity index (χ4v) is 2.49. The van der Waals surface area contributed by atoms with Gasteiger partial charge in [-0.1, -0.05) is 20.8 Å². The smallest absolute Gasteiger partial charge is 0.255 e. The molecule has 0 atom stereocenters. The summed E-state index contributed by atoms with van der Waals surface area (Å²) in [6, 6.07) is 5.43. The van der Waals surface area contributed by atoms with E-state index in [1.165, 1.54) is 0 Å². The Morgan fingerprint density at radius 1 is 1.43 bits per heavy atom. The zero-order valence-electron chi connectivity index (χ0n) is 13.3. The van der Waals surface area contributed by atoms with Crippen molar-refractivity contribution in [1.82, 2.24) is 4.90 Å². The summed E-state index contributed by atoms with van der Waals surface area (Å²) in [5.41, 5.74) is 6.32. The molecule has 0 radical (unpaired) electrons. The summed E-state index contributed by atoms with van der Waals surface area (Å²) < 4.78 is 5.99. The highest BCUT2D eigenvalue weighted by atomic mass is 79.9. The van der Waals surface area contributed by atoms with Crippen molar-refractivity contribution in [1.29, 1.82) is 0 Å². The van der Waals surface area contributed by atoms with Crippen LogP contribution in [0.3, 0.4) is 0 Å². The van der Waals surface area contributed by atoms with E-state index in [9.17, 15) is 4.79 Å². The van der Waals surface area contributed by atoms with Crippen LogP contribution >= 0.6 is 15.9 Å². The summed E-state index contributed by atoms with van der Waals surface area (Å²) in [6.07, 6.45) is 0.911. The van der Waals surface area contributed by atoms with Gasteiger partial charge in [0.15, 0.2) is 0 Å². The number of nitrogens with zero attached hydrogens (tertiary/aromatic N) is 1. The molecule has 4 nitrogen and oxygen atoms in total. The average Bonchev–Trinajstić information content (AvgIpc) is 2.46. The van der Waals surface area contributed by atoms with E-state index in [0.717, 1.165) is 10.9 Å². The maximum Gasteiger partial charge on any atom is 0.255 e. The Kier molecular flexibility index (Phi) is 6.68. The molecule has 0 aliphatic heterocycles. The molecule has 118 valence electrons. The number of methoxy groups -OCH3 is 1. The highest BCUT2D eigenvalue weighted by Crippen LogP contribution is 2.25. The Hall–Kier alpha value is -1.07. The highest BCUT2D eigenvalue weighted by molar-refractivity contribution is 9.10. The van der Waals surface area contributed by atoms with Gasteiger partial charge >= 0.3 is 0 Å². The van der Waals surface area contributed by atoms with E-state index in [1.54, 1.807) is 13.2 Å². The zero-order valence-corrected chi connectivity index (χ0v) is 14.9. The number of amides is 1. The minimum Gasteiger partial charge on any atom is -0.497 e. The van der Waals surface area contributed by atoms with E-state index in [0.29, 0.717) is 30.9 Å². The van der Waals surface area contributed by atoms with Gasteiger partial charge in [0.2, 0.25) is 0 Å². The largest absolute Gasteiger partial charge is 0.497 e. The van der Waals surface area contributed by atoms with E-state index < -0.39 is 0 Å². The number of rotatable bonds is 7. The lowest BCUT2D eigenvalue weighted by atomic mass is 9.92. The Bertz CT molecular complexity index is 489. The summed E-state index contributed by atoms with van der Waals surface area (Å²) >= 11 is 3.45. The molecule has 0 saturated carbocycles. The minimum atomic E-state index is -0.101. The molecule has 1 amide bonds. The maximum absolute atomic E-state index is 12.8. The zero-order chi connectivity index (χ0) is 16.0. The monoisotopic (exact) mass is 356 g/mol. The van der Waals surface area contributed by atoms with Gasteiger partial charge in [0.05, 0.1) is 12.7 Å². The van der Waals surface area contributed by atoms with Gasteiger partial charge < -0.3 is 15.4 Å². The first-order valence-electron chi connectivity index (χ1n) is 7.17. The van der Waals surface area contributed by atoms with Crippen molar-refractivity contribution in [2.24, 2.45) is 11.1 Å². The number of halogens is 1. The van der Waals surface area contributed by atoms with Gasteiger partial charge in [-0.15, -0.1) is 0 Å². The molecule has 5 heteroatoms. The third kappa shape index (κ3) is 5.00. The normalized spacial score (nSPS) is 11.3. The van der Waals surface area contributed by atoms with E-state index in [1.807, 2.05) is 17.0 Å². The van der Waals surface area contributed by atoms with Gasteiger partial charge in [0.1, 0.15) is 5.75 Å². The molecule has 0 spiro atoms. The summed E-state index contributed by atoms with van der Waals surface area (Å²) in [5, 5.41) is 0. The molecule has 1 aromatic carbocycles. The van der Waals surface area contributed by atoms with Crippen LogP contribution in [0.2, 0.25) is 0 Å². The first-order valence-corrected chi connectivity index (χ1v) is 7.97. The van der Waals surface area contributed by atoms with E-state index in [2.05, 4.69) is 36.7 Å². The van der Waals surface area contributed by atoms with Crippen LogP contribution in [0.4, 0.5) is 0 Å². The van der Waals surface area contributed by atoms with Crippen molar-refractivity contribution in [3.05, 3.63) is 28.2 Å². The number of hydrogen-bond donors (Lipinski definition) is 1. The molecule has 0 heterocycles. The predicted molar refractivity (Wildman–Crippen MR) is 89.7 cm³/mol. The van der Waals surface area contributed by atoms with Crippen molar-refractivity contribution < 1.29 is 9.53 Å². The molecule has 1 rings (SSSR count). The molecule has 0 bridgehead atoms. The van der Waals surface area contributed by atoms with Gasteiger partial charge in [-0.05, 0) is 52.5 Å². The standard InChI is InChI=1S/C16H25BrN2O2/c1-5-8-19(11-16(2,3)10-18)15(20)13-9-12(21-4)6-7-14(13)17/h6-7,9H,5,8,10-11,18H2,1-4H3. The van der Waals surface area contributed by atoms with Gasteiger partial charge in [-0.3, -0.25) is 4.79 Å². The number of carbonyl (C=O) groups is 1. The first kappa shape index (κ1) is 18.0. The number of hydrogen-bond acceptors (Lipinski definition) is 3. The molecule has 0 fully saturated rings. The topological polar surface area (TPSA) is 55.6 Å².